The summed E-state index contributed by atoms with van der Waals surface area (Å²) < 4.78 is 0. The first-order valence-corrected chi connectivity index (χ1v) is 14.6. The van der Waals surface area contributed by atoms with Gasteiger partial charge >= 0.3 is 0 Å². The van der Waals surface area contributed by atoms with E-state index in [0.717, 1.165) is 5.69 Å². The molecule has 0 radical (unpaired) electrons. The fourth-order valence-corrected chi connectivity index (χ4v) is 7.82. The molecule has 0 unspecified atom stereocenters. The zero-order valence-electron chi connectivity index (χ0n) is 23.8. The fraction of sp³-hybridized carbons (Fsp3) is 0.125. The second-order valence-electron chi connectivity index (χ2n) is 12.5. The van der Waals surface area contributed by atoms with Crippen LogP contribution < -0.4 is 0 Å². The van der Waals surface area contributed by atoms with E-state index < -0.39 is 0 Å². The molecular weight excluding hydrogens is 494 g/mol. The van der Waals surface area contributed by atoms with Crippen LogP contribution in [0.25, 0.3) is 77.0 Å². The van der Waals surface area contributed by atoms with Crippen molar-refractivity contribution in [1.82, 2.24) is 4.98 Å². The molecule has 2 aliphatic rings. The Morgan fingerprint density at radius 3 is 2.20 bits per heavy atom. The highest BCUT2D eigenvalue weighted by Gasteiger charge is 2.36. The molecule has 0 saturated heterocycles. The van der Waals surface area contributed by atoms with Crippen LogP contribution in [0.3, 0.4) is 0 Å². The number of aromatic nitrogens is 1. The quantitative estimate of drug-likeness (QED) is 0.195. The third kappa shape index (κ3) is 2.88. The normalized spacial score (nSPS) is 14.0. The van der Waals surface area contributed by atoms with Crippen molar-refractivity contribution in [3.63, 3.8) is 0 Å². The maximum atomic E-state index is 4.85. The minimum absolute atomic E-state index is 0.0510. The molecule has 0 saturated carbocycles. The summed E-state index contributed by atoms with van der Waals surface area (Å²) in [5, 5.41) is 8.00. The van der Waals surface area contributed by atoms with Gasteiger partial charge in [-0.05, 0) is 121 Å². The number of hydrogen-bond donors (Lipinski definition) is 0. The lowest BCUT2D eigenvalue weighted by Gasteiger charge is -2.21. The summed E-state index contributed by atoms with van der Waals surface area (Å²) in [6, 6.07) is 36.8. The maximum Gasteiger partial charge on any atom is 0.0746 e. The third-order valence-electron chi connectivity index (χ3n) is 9.82. The van der Waals surface area contributed by atoms with Crippen molar-refractivity contribution in [3.05, 3.63) is 126 Å². The van der Waals surface area contributed by atoms with Crippen LogP contribution in [0, 0.1) is 13.8 Å². The molecule has 7 aromatic rings. The van der Waals surface area contributed by atoms with Gasteiger partial charge in [0.2, 0.25) is 0 Å². The zero-order valence-corrected chi connectivity index (χ0v) is 23.8. The number of rotatable bonds is 1. The van der Waals surface area contributed by atoms with Gasteiger partial charge < -0.3 is 0 Å². The van der Waals surface area contributed by atoms with Crippen LogP contribution in [0.2, 0.25) is 0 Å². The second-order valence-corrected chi connectivity index (χ2v) is 12.5. The second kappa shape index (κ2) is 7.71. The Morgan fingerprint density at radius 1 is 0.537 bits per heavy atom. The molecule has 41 heavy (non-hydrogen) atoms. The van der Waals surface area contributed by atoms with Gasteiger partial charge in [-0.25, -0.2) is 0 Å². The zero-order chi connectivity index (χ0) is 27.6. The maximum absolute atomic E-state index is 4.85. The molecule has 2 aliphatic carbocycles. The highest BCUT2D eigenvalue weighted by atomic mass is 14.7. The van der Waals surface area contributed by atoms with E-state index >= 15 is 0 Å². The van der Waals surface area contributed by atoms with Gasteiger partial charge in [0.25, 0.3) is 0 Å². The molecule has 1 heterocycles. The van der Waals surface area contributed by atoms with Crippen molar-refractivity contribution in [3.8, 4) is 44.6 Å². The van der Waals surface area contributed by atoms with Crippen LogP contribution in [-0.2, 0) is 5.41 Å². The molecule has 0 aliphatic heterocycles. The summed E-state index contributed by atoms with van der Waals surface area (Å²) in [6.45, 7) is 9.08. The summed E-state index contributed by atoms with van der Waals surface area (Å²) in [5.41, 5.74) is 15.6. The molecule has 1 aromatic heterocycles. The van der Waals surface area contributed by atoms with Crippen molar-refractivity contribution in [1.29, 1.82) is 0 Å². The van der Waals surface area contributed by atoms with E-state index in [0.29, 0.717) is 0 Å². The van der Waals surface area contributed by atoms with Crippen LogP contribution in [0.4, 0.5) is 0 Å². The lowest BCUT2D eigenvalue weighted by Crippen LogP contribution is -2.14. The number of benzene rings is 6. The first-order chi connectivity index (χ1) is 19.9. The van der Waals surface area contributed by atoms with Gasteiger partial charge in [-0.2, -0.15) is 0 Å². The van der Waals surface area contributed by atoms with Gasteiger partial charge in [-0.3, -0.25) is 4.98 Å². The summed E-state index contributed by atoms with van der Waals surface area (Å²) in [6.07, 6.45) is 1.92. The summed E-state index contributed by atoms with van der Waals surface area (Å²) in [4.78, 5) is 4.85. The SMILES string of the molecule is Cc1ccc2c(c1)c(-c1ccc3c(c1)-c1ncccc1C3(C)C)cc1c3ccc(C)c4c3c(cc21)-c1ccccc1-4. The van der Waals surface area contributed by atoms with Gasteiger partial charge in [0.15, 0.2) is 0 Å². The Hall–Kier alpha value is -4.75. The van der Waals surface area contributed by atoms with Crippen LogP contribution in [0.15, 0.2) is 103 Å². The molecule has 1 nitrogen and oxygen atoms in total. The average Bonchev–Trinajstić information content (AvgIpc) is 3.44. The number of hydrogen-bond acceptors (Lipinski definition) is 1. The summed E-state index contributed by atoms with van der Waals surface area (Å²) in [5.74, 6) is 0. The lowest BCUT2D eigenvalue weighted by atomic mass is 9.82. The topological polar surface area (TPSA) is 12.9 Å². The smallest absolute Gasteiger partial charge is 0.0746 e. The molecule has 1 heteroatoms. The summed E-state index contributed by atoms with van der Waals surface area (Å²) in [7, 11) is 0. The van der Waals surface area contributed by atoms with Gasteiger partial charge in [-0.1, -0.05) is 92.2 Å². The predicted octanol–water partition coefficient (Wildman–Crippen LogP) is 10.8. The first-order valence-electron chi connectivity index (χ1n) is 14.6. The van der Waals surface area contributed by atoms with Crippen molar-refractivity contribution in [2.75, 3.05) is 0 Å². The Morgan fingerprint density at radius 2 is 1.32 bits per heavy atom. The van der Waals surface area contributed by atoms with E-state index in [-0.39, 0.29) is 5.41 Å². The van der Waals surface area contributed by atoms with Crippen molar-refractivity contribution >= 4 is 32.3 Å². The third-order valence-corrected chi connectivity index (χ3v) is 9.82. The minimum atomic E-state index is -0.0510. The van der Waals surface area contributed by atoms with Crippen LogP contribution in [0.1, 0.15) is 36.1 Å². The molecule has 0 bridgehead atoms. The Balaban J connectivity index is 1.40. The standard InChI is InChI=1S/C40H29N/c1-22-11-14-26-30(18-22)29(24-13-16-35-34(19-24)39-36(40(35,3)4)10-7-17-41-39)20-32-28-15-12-23(2)37-27-9-6-5-8-25(27)33(38(28)37)21-31(26)32/h5-21H,1-4H3. The molecular formula is C40H29N. The monoisotopic (exact) mass is 523 g/mol. The highest BCUT2D eigenvalue weighted by Crippen LogP contribution is 2.53. The Bertz CT molecular complexity index is 2300. The molecule has 9 rings (SSSR count). The molecule has 0 atom stereocenters. The molecule has 0 N–H and O–H groups in total. The molecule has 6 aromatic carbocycles. The number of nitrogens with zero attached hydrogens (tertiary/aromatic N) is 1. The predicted molar refractivity (Wildman–Crippen MR) is 174 cm³/mol. The van der Waals surface area contributed by atoms with Crippen LogP contribution in [0.5, 0.6) is 0 Å². The lowest BCUT2D eigenvalue weighted by molar-refractivity contribution is 0.659. The summed E-state index contributed by atoms with van der Waals surface area (Å²) >= 11 is 0. The molecule has 0 fully saturated rings. The molecule has 194 valence electrons. The number of pyridine rings is 1. The van der Waals surface area contributed by atoms with E-state index in [1.807, 2.05) is 6.20 Å². The van der Waals surface area contributed by atoms with Gasteiger partial charge in [-0.15, -0.1) is 0 Å². The molecule has 0 spiro atoms. The van der Waals surface area contributed by atoms with Crippen molar-refractivity contribution in [2.45, 2.75) is 33.1 Å². The average molecular weight is 524 g/mol. The first kappa shape index (κ1) is 23.0. The van der Waals surface area contributed by atoms with Gasteiger partial charge in [0.1, 0.15) is 0 Å². The van der Waals surface area contributed by atoms with Gasteiger partial charge in [0, 0.05) is 17.2 Å². The van der Waals surface area contributed by atoms with Crippen LogP contribution in [-0.4, -0.2) is 4.98 Å². The number of aryl methyl sites for hydroxylation is 2. The highest BCUT2D eigenvalue weighted by molar-refractivity contribution is 6.29. The van der Waals surface area contributed by atoms with Crippen molar-refractivity contribution in [2.24, 2.45) is 0 Å². The van der Waals surface area contributed by atoms with Crippen molar-refractivity contribution < 1.29 is 0 Å². The Labute approximate surface area is 240 Å². The largest absolute Gasteiger partial charge is 0.256 e. The van der Waals surface area contributed by atoms with Gasteiger partial charge in [0.05, 0.1) is 5.69 Å². The van der Waals surface area contributed by atoms with E-state index in [2.05, 4.69) is 125 Å². The van der Waals surface area contributed by atoms with E-state index in [9.17, 15) is 0 Å². The Kier molecular flexibility index (Phi) is 4.32. The van der Waals surface area contributed by atoms with E-state index in [1.54, 1.807) is 0 Å². The number of fused-ring (bicyclic) bond motifs is 10. The van der Waals surface area contributed by atoms with Crippen LogP contribution >= 0.6 is 0 Å². The van der Waals surface area contributed by atoms with E-state index in [1.165, 1.54) is 93.5 Å². The van der Waals surface area contributed by atoms with E-state index in [4.69, 9.17) is 4.98 Å². The molecule has 0 amide bonds. The minimum Gasteiger partial charge on any atom is -0.256 e. The fourth-order valence-electron chi connectivity index (χ4n) is 7.82.